The molecule has 26 heavy (non-hydrogen) atoms. The summed E-state index contributed by atoms with van der Waals surface area (Å²) < 4.78 is 0. The van der Waals surface area contributed by atoms with Crippen LogP contribution in [-0.4, -0.2) is 59.7 Å². The van der Waals surface area contributed by atoms with Crippen molar-refractivity contribution in [3.8, 4) is 0 Å². The molecule has 2 fully saturated rings. The zero-order valence-corrected chi connectivity index (χ0v) is 15.3. The van der Waals surface area contributed by atoms with E-state index in [1.54, 1.807) is 19.1 Å². The number of nitrogens with one attached hydrogen (secondary N) is 1. The zero-order chi connectivity index (χ0) is 18.4. The standard InChI is InChI=1S/C20H25N3O3/c1-12-3-4-16-17(9-12)20(26)23(19(16)25)13(2)18(24)22-7-5-14-10-21-11-15(14)6-8-22/h3-4,9,13-15,21H,5-8,10-11H2,1-2H3/t13?,14-,15+. The molecular formula is C20H25N3O3. The molecule has 6 nitrogen and oxygen atoms in total. The minimum absolute atomic E-state index is 0.121. The lowest BCUT2D eigenvalue weighted by molar-refractivity contribution is -0.134. The zero-order valence-electron chi connectivity index (χ0n) is 15.3. The Morgan fingerprint density at radius 2 is 1.69 bits per heavy atom. The van der Waals surface area contributed by atoms with Gasteiger partial charge in [0, 0.05) is 13.1 Å². The highest BCUT2D eigenvalue weighted by Gasteiger charge is 2.42. The highest BCUT2D eigenvalue weighted by molar-refractivity contribution is 6.22. The largest absolute Gasteiger partial charge is 0.341 e. The Kier molecular flexibility index (Phi) is 4.31. The first-order valence-electron chi connectivity index (χ1n) is 9.45. The van der Waals surface area contributed by atoms with E-state index in [1.807, 2.05) is 17.9 Å². The van der Waals surface area contributed by atoms with Gasteiger partial charge in [0.1, 0.15) is 6.04 Å². The van der Waals surface area contributed by atoms with Crippen molar-refractivity contribution in [2.24, 2.45) is 11.8 Å². The minimum Gasteiger partial charge on any atom is -0.341 e. The van der Waals surface area contributed by atoms with Crippen molar-refractivity contribution in [3.05, 3.63) is 34.9 Å². The van der Waals surface area contributed by atoms with Gasteiger partial charge in [-0.05, 0) is 63.7 Å². The third-order valence-electron chi connectivity index (χ3n) is 6.15. The molecule has 4 rings (SSSR count). The molecule has 1 aromatic carbocycles. The average Bonchev–Trinajstić information content (AvgIpc) is 3.10. The first kappa shape index (κ1) is 17.2. The second-order valence-electron chi connectivity index (χ2n) is 7.79. The van der Waals surface area contributed by atoms with Crippen molar-refractivity contribution in [1.29, 1.82) is 0 Å². The minimum atomic E-state index is -0.765. The Hall–Kier alpha value is -2.21. The molecule has 0 spiro atoms. The van der Waals surface area contributed by atoms with E-state index < -0.39 is 6.04 Å². The third-order valence-corrected chi connectivity index (χ3v) is 6.15. The van der Waals surface area contributed by atoms with E-state index in [9.17, 15) is 14.4 Å². The number of rotatable bonds is 2. The van der Waals surface area contributed by atoms with Crippen LogP contribution in [-0.2, 0) is 4.79 Å². The lowest BCUT2D eigenvalue weighted by Crippen LogP contribution is -2.49. The smallest absolute Gasteiger partial charge is 0.262 e. The molecule has 3 amide bonds. The fourth-order valence-electron chi connectivity index (χ4n) is 4.54. The lowest BCUT2D eigenvalue weighted by atomic mass is 9.92. The van der Waals surface area contributed by atoms with Gasteiger partial charge in [-0.2, -0.15) is 0 Å². The van der Waals surface area contributed by atoms with Crippen molar-refractivity contribution in [1.82, 2.24) is 15.1 Å². The Labute approximate surface area is 153 Å². The quantitative estimate of drug-likeness (QED) is 0.815. The highest BCUT2D eigenvalue weighted by atomic mass is 16.2. The number of hydrogen-bond acceptors (Lipinski definition) is 4. The van der Waals surface area contributed by atoms with E-state index in [0.29, 0.717) is 36.1 Å². The van der Waals surface area contributed by atoms with Gasteiger partial charge in [-0.15, -0.1) is 0 Å². The SMILES string of the molecule is Cc1ccc2c(c1)C(=O)N(C(C)C(=O)N1CC[C@@H]3CNC[C@@H]3CC1)C2=O. The maximum atomic E-state index is 13.0. The third kappa shape index (κ3) is 2.72. The topological polar surface area (TPSA) is 69.7 Å². The van der Waals surface area contributed by atoms with Gasteiger partial charge in [0.2, 0.25) is 5.91 Å². The van der Waals surface area contributed by atoms with Crippen molar-refractivity contribution < 1.29 is 14.4 Å². The van der Waals surface area contributed by atoms with Crippen LogP contribution in [0.3, 0.4) is 0 Å². The molecule has 0 saturated carbocycles. The Morgan fingerprint density at radius 3 is 2.35 bits per heavy atom. The first-order valence-corrected chi connectivity index (χ1v) is 9.45. The van der Waals surface area contributed by atoms with Gasteiger partial charge in [0.05, 0.1) is 11.1 Å². The summed E-state index contributed by atoms with van der Waals surface area (Å²) in [7, 11) is 0. The number of carbonyl (C=O) groups is 3. The molecule has 1 N–H and O–H groups in total. The number of benzene rings is 1. The summed E-state index contributed by atoms with van der Waals surface area (Å²) in [5.41, 5.74) is 1.74. The van der Waals surface area contributed by atoms with Gasteiger partial charge in [0.25, 0.3) is 11.8 Å². The van der Waals surface area contributed by atoms with Crippen molar-refractivity contribution in [2.45, 2.75) is 32.7 Å². The van der Waals surface area contributed by atoms with E-state index >= 15 is 0 Å². The Bertz CT molecular complexity index is 762. The molecular weight excluding hydrogens is 330 g/mol. The first-order chi connectivity index (χ1) is 12.5. The second kappa shape index (κ2) is 6.50. The molecule has 0 bridgehead atoms. The predicted molar refractivity (Wildman–Crippen MR) is 96.8 cm³/mol. The number of imide groups is 1. The fourth-order valence-corrected chi connectivity index (χ4v) is 4.54. The highest BCUT2D eigenvalue weighted by Crippen LogP contribution is 2.29. The van der Waals surface area contributed by atoms with Crippen molar-refractivity contribution in [3.63, 3.8) is 0 Å². The summed E-state index contributed by atoms with van der Waals surface area (Å²) in [4.78, 5) is 41.5. The van der Waals surface area contributed by atoms with E-state index in [4.69, 9.17) is 0 Å². The normalized spacial score (nSPS) is 26.5. The van der Waals surface area contributed by atoms with Crippen LogP contribution in [0, 0.1) is 18.8 Å². The number of fused-ring (bicyclic) bond motifs is 2. The lowest BCUT2D eigenvalue weighted by Gasteiger charge is -2.28. The number of carbonyl (C=O) groups excluding carboxylic acids is 3. The van der Waals surface area contributed by atoms with Gasteiger partial charge in [0.15, 0.2) is 0 Å². The summed E-state index contributed by atoms with van der Waals surface area (Å²) in [6.07, 6.45) is 1.97. The Balaban J connectivity index is 1.50. The number of nitrogens with zero attached hydrogens (tertiary/aromatic N) is 2. The summed E-state index contributed by atoms with van der Waals surface area (Å²) in [5, 5.41) is 3.43. The molecule has 0 aromatic heterocycles. The summed E-state index contributed by atoms with van der Waals surface area (Å²) >= 11 is 0. The van der Waals surface area contributed by atoms with Crippen LogP contribution >= 0.6 is 0 Å². The number of aryl methyl sites for hydroxylation is 1. The van der Waals surface area contributed by atoms with Gasteiger partial charge < -0.3 is 10.2 Å². The predicted octanol–water partition coefficient (Wildman–Crippen LogP) is 1.44. The molecule has 3 aliphatic rings. The van der Waals surface area contributed by atoms with Crippen LogP contribution in [0.25, 0.3) is 0 Å². The molecule has 1 unspecified atom stereocenters. The van der Waals surface area contributed by atoms with Crippen LogP contribution in [0.5, 0.6) is 0 Å². The van der Waals surface area contributed by atoms with Gasteiger partial charge >= 0.3 is 0 Å². The molecule has 3 aliphatic heterocycles. The van der Waals surface area contributed by atoms with Crippen LogP contribution in [0.2, 0.25) is 0 Å². The van der Waals surface area contributed by atoms with E-state index in [-0.39, 0.29) is 17.7 Å². The van der Waals surface area contributed by atoms with Crippen LogP contribution < -0.4 is 5.32 Å². The number of likely N-dealkylation sites (tertiary alicyclic amines) is 1. The molecule has 0 aliphatic carbocycles. The second-order valence-corrected chi connectivity index (χ2v) is 7.79. The molecule has 2 saturated heterocycles. The molecule has 1 aromatic rings. The number of amides is 3. The maximum absolute atomic E-state index is 13.0. The summed E-state index contributed by atoms with van der Waals surface area (Å²) in [5.74, 6) is 0.423. The van der Waals surface area contributed by atoms with Crippen LogP contribution in [0.1, 0.15) is 46.0 Å². The van der Waals surface area contributed by atoms with Gasteiger partial charge in [-0.25, -0.2) is 0 Å². The summed E-state index contributed by atoms with van der Waals surface area (Å²) in [6.45, 7) is 7.02. The van der Waals surface area contributed by atoms with Crippen molar-refractivity contribution in [2.75, 3.05) is 26.2 Å². The molecule has 6 heteroatoms. The molecule has 3 atom stereocenters. The molecule has 0 radical (unpaired) electrons. The van der Waals surface area contributed by atoms with Gasteiger partial charge in [-0.3, -0.25) is 19.3 Å². The summed E-state index contributed by atoms with van der Waals surface area (Å²) in [6, 6.07) is 4.47. The van der Waals surface area contributed by atoms with Crippen molar-refractivity contribution >= 4 is 17.7 Å². The Morgan fingerprint density at radius 1 is 1.08 bits per heavy atom. The van der Waals surface area contributed by atoms with E-state index in [2.05, 4.69) is 5.32 Å². The monoisotopic (exact) mass is 355 g/mol. The van der Waals surface area contributed by atoms with E-state index in [0.717, 1.165) is 36.4 Å². The van der Waals surface area contributed by atoms with Crippen LogP contribution in [0.4, 0.5) is 0 Å². The number of hydrogen-bond donors (Lipinski definition) is 1. The van der Waals surface area contributed by atoms with Gasteiger partial charge in [-0.1, -0.05) is 11.6 Å². The van der Waals surface area contributed by atoms with E-state index in [1.165, 1.54) is 0 Å². The molecule has 3 heterocycles. The van der Waals surface area contributed by atoms with Crippen LogP contribution in [0.15, 0.2) is 18.2 Å². The average molecular weight is 355 g/mol. The maximum Gasteiger partial charge on any atom is 0.262 e. The molecule has 138 valence electrons. The fraction of sp³-hybridized carbons (Fsp3) is 0.550.